The quantitative estimate of drug-likeness (QED) is 0.479. The maximum Gasteiger partial charge on any atom is 0.342 e. The monoisotopic (exact) mass is 434 g/mol. The molecule has 1 aliphatic rings. The fraction of sp³-hybridized carbons (Fsp3) is 0.292. The Morgan fingerprint density at radius 2 is 1.88 bits per heavy atom. The first kappa shape index (κ1) is 21.4. The topological polar surface area (TPSA) is 105 Å². The van der Waals surface area contributed by atoms with Gasteiger partial charge in [-0.2, -0.15) is 9.78 Å². The average molecular weight is 434 g/mol. The molecule has 3 aromatic rings. The van der Waals surface area contributed by atoms with E-state index in [1.54, 1.807) is 36.4 Å². The Bertz CT molecular complexity index is 1130. The highest BCUT2D eigenvalue weighted by Crippen LogP contribution is 2.42. The lowest BCUT2D eigenvalue weighted by Gasteiger charge is -2.09. The van der Waals surface area contributed by atoms with Gasteiger partial charge in [0.15, 0.2) is 0 Å². The van der Waals surface area contributed by atoms with Gasteiger partial charge in [-0.1, -0.05) is 0 Å². The van der Waals surface area contributed by atoms with Crippen molar-refractivity contribution in [1.82, 2.24) is 15.1 Å². The van der Waals surface area contributed by atoms with E-state index in [1.165, 1.54) is 10.7 Å². The largest absolute Gasteiger partial charge is 0.507 e. The SMILES string of the molecule is CCNC(=O)n1nc(-c2cc(NC(=O)c3ccc(OCC)cc3)ccc2O)cc1C1CC1. The summed E-state index contributed by atoms with van der Waals surface area (Å²) >= 11 is 0. The molecule has 0 bridgehead atoms. The number of benzene rings is 2. The van der Waals surface area contributed by atoms with Crippen LogP contribution in [0, 0.1) is 0 Å². The lowest BCUT2D eigenvalue weighted by atomic mass is 10.1. The van der Waals surface area contributed by atoms with Crippen LogP contribution in [0.4, 0.5) is 10.5 Å². The van der Waals surface area contributed by atoms with Gasteiger partial charge in [-0.25, -0.2) is 4.79 Å². The van der Waals surface area contributed by atoms with Gasteiger partial charge >= 0.3 is 6.03 Å². The van der Waals surface area contributed by atoms with Gasteiger partial charge in [0.1, 0.15) is 11.5 Å². The summed E-state index contributed by atoms with van der Waals surface area (Å²) in [7, 11) is 0. The Morgan fingerprint density at radius 3 is 2.53 bits per heavy atom. The molecule has 0 saturated heterocycles. The van der Waals surface area contributed by atoms with Crippen molar-refractivity contribution in [2.75, 3.05) is 18.5 Å². The summed E-state index contributed by atoms with van der Waals surface area (Å²) in [5, 5.41) is 20.5. The van der Waals surface area contributed by atoms with E-state index in [0.29, 0.717) is 47.3 Å². The molecule has 4 rings (SSSR count). The highest BCUT2D eigenvalue weighted by Gasteiger charge is 2.30. The molecule has 8 heteroatoms. The first-order chi connectivity index (χ1) is 15.5. The van der Waals surface area contributed by atoms with Crippen LogP contribution in [0.2, 0.25) is 0 Å². The third-order valence-corrected chi connectivity index (χ3v) is 5.21. The van der Waals surface area contributed by atoms with Crippen LogP contribution in [-0.4, -0.2) is 40.0 Å². The number of carbonyl (C=O) groups is 2. The average Bonchev–Trinajstić information content (AvgIpc) is 3.54. The molecule has 0 spiro atoms. The van der Waals surface area contributed by atoms with E-state index >= 15 is 0 Å². The summed E-state index contributed by atoms with van der Waals surface area (Å²) in [6.45, 7) is 4.80. The summed E-state index contributed by atoms with van der Waals surface area (Å²) in [6.07, 6.45) is 2.02. The number of nitrogens with one attached hydrogen (secondary N) is 2. The molecule has 1 fully saturated rings. The van der Waals surface area contributed by atoms with E-state index in [2.05, 4.69) is 15.7 Å². The van der Waals surface area contributed by atoms with Gasteiger partial charge in [0.05, 0.1) is 18.0 Å². The third kappa shape index (κ3) is 4.59. The van der Waals surface area contributed by atoms with Crippen molar-refractivity contribution in [2.45, 2.75) is 32.6 Å². The van der Waals surface area contributed by atoms with Crippen LogP contribution in [0.3, 0.4) is 0 Å². The van der Waals surface area contributed by atoms with Gasteiger partial charge in [0, 0.05) is 29.3 Å². The Labute approximate surface area is 186 Å². The third-order valence-electron chi connectivity index (χ3n) is 5.21. The van der Waals surface area contributed by atoms with E-state index in [9.17, 15) is 14.7 Å². The molecule has 32 heavy (non-hydrogen) atoms. The summed E-state index contributed by atoms with van der Waals surface area (Å²) in [4.78, 5) is 25.1. The number of hydrogen-bond donors (Lipinski definition) is 3. The zero-order valence-electron chi connectivity index (χ0n) is 18.1. The minimum atomic E-state index is -0.292. The number of nitrogens with zero attached hydrogens (tertiary/aromatic N) is 2. The molecule has 0 atom stereocenters. The molecule has 166 valence electrons. The number of aromatic hydroxyl groups is 1. The van der Waals surface area contributed by atoms with Gasteiger partial charge in [-0.05, 0) is 75.2 Å². The zero-order chi connectivity index (χ0) is 22.7. The lowest BCUT2D eigenvalue weighted by molar-refractivity contribution is 0.102. The Hall–Kier alpha value is -3.81. The molecule has 0 unspecified atom stereocenters. The molecular weight excluding hydrogens is 408 g/mol. The highest BCUT2D eigenvalue weighted by molar-refractivity contribution is 6.04. The number of hydrogen-bond acceptors (Lipinski definition) is 5. The van der Waals surface area contributed by atoms with E-state index in [0.717, 1.165) is 18.5 Å². The number of phenolic OH excluding ortho intramolecular Hbond substituents is 1. The van der Waals surface area contributed by atoms with Gasteiger partial charge in [-0.15, -0.1) is 0 Å². The van der Waals surface area contributed by atoms with Gasteiger partial charge in [0.25, 0.3) is 5.91 Å². The number of anilines is 1. The molecule has 1 aliphatic carbocycles. The first-order valence-corrected chi connectivity index (χ1v) is 10.8. The van der Waals surface area contributed by atoms with Crippen LogP contribution >= 0.6 is 0 Å². The number of aromatic nitrogens is 2. The molecule has 2 aromatic carbocycles. The van der Waals surface area contributed by atoms with Crippen molar-refractivity contribution in [3.8, 4) is 22.8 Å². The molecule has 2 amide bonds. The smallest absolute Gasteiger partial charge is 0.342 e. The molecule has 3 N–H and O–H groups in total. The number of amides is 2. The normalized spacial score (nSPS) is 12.9. The molecule has 1 saturated carbocycles. The van der Waals surface area contributed by atoms with Crippen molar-refractivity contribution < 1.29 is 19.4 Å². The van der Waals surface area contributed by atoms with Crippen LogP contribution in [0.25, 0.3) is 11.3 Å². The summed E-state index contributed by atoms with van der Waals surface area (Å²) < 4.78 is 6.78. The second kappa shape index (κ2) is 9.13. The maximum absolute atomic E-state index is 12.6. The minimum absolute atomic E-state index is 0.0203. The molecule has 0 radical (unpaired) electrons. The van der Waals surface area contributed by atoms with Crippen molar-refractivity contribution in [1.29, 1.82) is 0 Å². The molecule has 1 heterocycles. The summed E-state index contributed by atoms with van der Waals surface area (Å²) in [6, 6.07) is 13.2. The molecule has 8 nitrogen and oxygen atoms in total. The Morgan fingerprint density at radius 1 is 1.12 bits per heavy atom. The van der Waals surface area contributed by atoms with Crippen molar-refractivity contribution >= 4 is 17.6 Å². The van der Waals surface area contributed by atoms with Gasteiger partial charge in [-0.3, -0.25) is 4.79 Å². The zero-order valence-corrected chi connectivity index (χ0v) is 18.1. The minimum Gasteiger partial charge on any atom is -0.507 e. The lowest BCUT2D eigenvalue weighted by Crippen LogP contribution is -2.30. The number of carbonyl (C=O) groups excluding carboxylic acids is 2. The van der Waals surface area contributed by atoms with Crippen LogP contribution in [0.5, 0.6) is 11.5 Å². The van der Waals surface area contributed by atoms with Crippen molar-refractivity contribution in [3.63, 3.8) is 0 Å². The second-order valence-corrected chi connectivity index (χ2v) is 7.62. The van der Waals surface area contributed by atoms with E-state index in [4.69, 9.17) is 4.74 Å². The molecule has 1 aromatic heterocycles. The van der Waals surface area contributed by atoms with Crippen molar-refractivity contribution in [2.24, 2.45) is 0 Å². The van der Waals surface area contributed by atoms with Gasteiger partial charge < -0.3 is 20.5 Å². The fourth-order valence-electron chi connectivity index (χ4n) is 3.48. The van der Waals surface area contributed by atoms with E-state index in [-0.39, 0.29) is 17.7 Å². The number of phenols is 1. The fourth-order valence-corrected chi connectivity index (χ4v) is 3.48. The number of ether oxygens (including phenoxy) is 1. The van der Waals surface area contributed by atoms with E-state index < -0.39 is 0 Å². The second-order valence-electron chi connectivity index (χ2n) is 7.62. The highest BCUT2D eigenvalue weighted by atomic mass is 16.5. The predicted molar refractivity (Wildman–Crippen MR) is 121 cm³/mol. The Balaban J connectivity index is 1.58. The maximum atomic E-state index is 12.6. The van der Waals surface area contributed by atoms with Gasteiger partial charge in [0.2, 0.25) is 0 Å². The number of rotatable bonds is 7. The van der Waals surface area contributed by atoms with Crippen molar-refractivity contribution in [3.05, 3.63) is 59.8 Å². The van der Waals surface area contributed by atoms with Crippen LogP contribution < -0.4 is 15.4 Å². The predicted octanol–water partition coefficient (Wildman–Crippen LogP) is 4.36. The standard InChI is InChI=1S/C24H26N4O4/c1-3-25-24(31)28-21(15-5-6-15)14-20(27-28)19-13-17(9-12-22(19)29)26-23(30)16-7-10-18(11-8-16)32-4-2/h7-15,29H,3-6H2,1-2H3,(H,25,31)(H,26,30). The Kier molecular flexibility index (Phi) is 6.11. The molecular formula is C24H26N4O4. The van der Waals surface area contributed by atoms with Crippen LogP contribution in [0.1, 0.15) is 48.7 Å². The summed E-state index contributed by atoms with van der Waals surface area (Å²) in [5.41, 5.74) is 2.75. The molecule has 0 aliphatic heterocycles. The van der Waals surface area contributed by atoms with Crippen LogP contribution in [0.15, 0.2) is 48.5 Å². The summed E-state index contributed by atoms with van der Waals surface area (Å²) in [5.74, 6) is 0.733. The van der Waals surface area contributed by atoms with Crippen LogP contribution in [-0.2, 0) is 0 Å². The van der Waals surface area contributed by atoms with E-state index in [1.807, 2.05) is 19.9 Å². The first-order valence-electron chi connectivity index (χ1n) is 10.8.